The predicted molar refractivity (Wildman–Crippen MR) is 123 cm³/mol. The van der Waals surface area contributed by atoms with E-state index in [9.17, 15) is 0 Å². The number of benzene rings is 2. The van der Waals surface area contributed by atoms with Crippen LogP contribution in [-0.2, 0) is 4.57 Å². The first-order valence-electron chi connectivity index (χ1n) is 10.3. The first-order chi connectivity index (χ1) is 13.7. The Labute approximate surface area is 173 Å². The van der Waals surface area contributed by atoms with Crippen molar-refractivity contribution in [2.75, 3.05) is 47.0 Å². The third-order valence-electron chi connectivity index (χ3n) is 5.73. The number of thioether (sulfide) groups is 1. The highest BCUT2D eigenvalue weighted by Crippen LogP contribution is 2.65. The van der Waals surface area contributed by atoms with Crippen molar-refractivity contribution in [1.29, 1.82) is 0 Å². The molecule has 0 aliphatic carbocycles. The van der Waals surface area contributed by atoms with Gasteiger partial charge in [-0.05, 0) is 30.7 Å². The number of hydrogen-bond acceptors (Lipinski definition) is 3. The highest BCUT2D eigenvalue weighted by molar-refractivity contribution is 7.99. The molecule has 150 valence electrons. The molecule has 4 nitrogen and oxygen atoms in total. The lowest BCUT2D eigenvalue weighted by Gasteiger charge is -2.44. The van der Waals surface area contributed by atoms with Crippen LogP contribution in [0.2, 0.25) is 0 Å². The van der Waals surface area contributed by atoms with Crippen LogP contribution in [0.3, 0.4) is 0 Å². The van der Waals surface area contributed by atoms with Gasteiger partial charge >= 0.3 is 0 Å². The van der Waals surface area contributed by atoms with E-state index in [0.717, 1.165) is 61.9 Å². The first-order valence-corrected chi connectivity index (χ1v) is 13.2. The third kappa shape index (κ3) is 3.72. The maximum Gasteiger partial charge on any atom is 0.279 e. The van der Waals surface area contributed by atoms with Gasteiger partial charge in [0.25, 0.3) is 7.44 Å². The van der Waals surface area contributed by atoms with Gasteiger partial charge in [0.15, 0.2) is 0 Å². The molecule has 2 fully saturated rings. The SMILES string of the molecule is CCCC(N1CCSCC1)P1(=O)N(c2ccccc2)CCN1c1ccccc1. The van der Waals surface area contributed by atoms with Gasteiger partial charge in [0.05, 0.1) is 0 Å². The number of hydrogen-bond donors (Lipinski definition) is 0. The third-order valence-corrected chi connectivity index (χ3v) is 10.3. The lowest BCUT2D eigenvalue weighted by Crippen LogP contribution is -2.45. The minimum atomic E-state index is -2.85. The quantitative estimate of drug-likeness (QED) is 0.590. The van der Waals surface area contributed by atoms with Gasteiger partial charge < -0.3 is 9.34 Å². The van der Waals surface area contributed by atoms with Crippen molar-refractivity contribution < 1.29 is 4.57 Å². The molecule has 2 aliphatic rings. The summed E-state index contributed by atoms with van der Waals surface area (Å²) in [5.41, 5.74) is 2.16. The van der Waals surface area contributed by atoms with Crippen molar-refractivity contribution in [3.8, 4) is 0 Å². The van der Waals surface area contributed by atoms with E-state index in [1.807, 2.05) is 23.9 Å². The maximum absolute atomic E-state index is 15.1. The summed E-state index contributed by atoms with van der Waals surface area (Å²) in [6.45, 7) is 5.89. The Morgan fingerprint density at radius 3 is 1.82 bits per heavy atom. The molecule has 2 heterocycles. The fourth-order valence-corrected chi connectivity index (χ4v) is 9.18. The van der Waals surface area contributed by atoms with Crippen LogP contribution < -0.4 is 9.34 Å². The summed E-state index contributed by atoms with van der Waals surface area (Å²) in [5.74, 6) is 2.34. The van der Waals surface area contributed by atoms with E-state index in [2.05, 4.69) is 69.7 Å². The van der Waals surface area contributed by atoms with Gasteiger partial charge in [-0.25, -0.2) is 0 Å². The van der Waals surface area contributed by atoms with Gasteiger partial charge in [-0.3, -0.25) is 9.46 Å². The van der Waals surface area contributed by atoms with Gasteiger partial charge in [-0.2, -0.15) is 11.8 Å². The average Bonchev–Trinajstić information content (AvgIpc) is 3.11. The molecule has 0 radical (unpaired) electrons. The number of rotatable bonds is 6. The second-order valence-corrected chi connectivity index (χ2v) is 11.4. The summed E-state index contributed by atoms with van der Waals surface area (Å²) in [4.78, 5) is 2.51. The molecule has 1 unspecified atom stereocenters. The molecule has 28 heavy (non-hydrogen) atoms. The van der Waals surface area contributed by atoms with Crippen molar-refractivity contribution in [3.05, 3.63) is 60.7 Å². The molecule has 4 rings (SSSR count). The van der Waals surface area contributed by atoms with Crippen LogP contribution in [0.25, 0.3) is 0 Å². The molecule has 2 saturated heterocycles. The summed E-state index contributed by atoms with van der Waals surface area (Å²) < 4.78 is 19.5. The molecule has 0 N–H and O–H groups in total. The van der Waals surface area contributed by atoms with Crippen LogP contribution in [0.4, 0.5) is 11.4 Å². The second kappa shape index (κ2) is 8.94. The van der Waals surface area contributed by atoms with E-state index in [-0.39, 0.29) is 5.78 Å². The molecular formula is C22H30N3OPS. The zero-order valence-electron chi connectivity index (χ0n) is 16.6. The number of nitrogens with zero attached hydrogens (tertiary/aromatic N) is 3. The van der Waals surface area contributed by atoms with Gasteiger partial charge in [0, 0.05) is 49.1 Å². The minimum Gasteiger partial charge on any atom is -0.304 e. The molecule has 2 aromatic carbocycles. The zero-order valence-corrected chi connectivity index (χ0v) is 18.3. The van der Waals surface area contributed by atoms with Crippen LogP contribution in [0, 0.1) is 0 Å². The summed E-state index contributed by atoms with van der Waals surface area (Å²) in [7, 11) is -2.85. The zero-order chi connectivity index (χ0) is 19.4. The van der Waals surface area contributed by atoms with E-state index >= 15 is 4.57 Å². The molecule has 0 aromatic heterocycles. The normalized spacial score (nSPS) is 21.0. The smallest absolute Gasteiger partial charge is 0.279 e. The predicted octanol–water partition coefficient (Wildman–Crippen LogP) is 5.38. The first kappa shape index (κ1) is 19.9. The van der Waals surface area contributed by atoms with Crippen LogP contribution in [0.1, 0.15) is 19.8 Å². The standard InChI is InChI=1S/C22H30N3OPS/c1-2-9-22(23-16-18-28-19-17-23)27(26)24(20-10-5-3-6-11-20)14-15-25(27)21-12-7-4-8-13-21/h3-8,10-13,22H,2,9,14-19H2,1H3. The van der Waals surface area contributed by atoms with E-state index in [1.165, 1.54) is 0 Å². The molecule has 2 aromatic rings. The Bertz CT molecular complexity index is 746. The lowest BCUT2D eigenvalue weighted by atomic mass is 10.3. The molecule has 2 aliphatic heterocycles. The van der Waals surface area contributed by atoms with Crippen molar-refractivity contribution in [2.45, 2.75) is 25.5 Å². The fraction of sp³-hybridized carbons (Fsp3) is 0.455. The van der Waals surface area contributed by atoms with E-state index < -0.39 is 7.44 Å². The topological polar surface area (TPSA) is 26.8 Å². The van der Waals surface area contributed by atoms with Gasteiger partial charge in [-0.15, -0.1) is 0 Å². The molecule has 1 atom stereocenters. The van der Waals surface area contributed by atoms with Crippen LogP contribution in [-0.4, -0.2) is 48.4 Å². The Morgan fingerprint density at radius 1 is 0.857 bits per heavy atom. The summed E-state index contributed by atoms with van der Waals surface area (Å²) in [6.07, 6.45) is 2.01. The van der Waals surface area contributed by atoms with Crippen molar-refractivity contribution in [1.82, 2.24) is 4.90 Å². The molecule has 6 heteroatoms. The fourth-order valence-electron chi connectivity index (χ4n) is 4.41. The maximum atomic E-state index is 15.1. The van der Waals surface area contributed by atoms with Crippen LogP contribution in [0.15, 0.2) is 60.7 Å². The number of para-hydroxylation sites is 2. The van der Waals surface area contributed by atoms with Gasteiger partial charge in [0.1, 0.15) is 5.78 Å². The molecule has 0 bridgehead atoms. The number of anilines is 2. The van der Waals surface area contributed by atoms with Crippen molar-refractivity contribution in [3.63, 3.8) is 0 Å². The summed E-state index contributed by atoms with van der Waals surface area (Å²) in [6, 6.07) is 20.7. The monoisotopic (exact) mass is 415 g/mol. The minimum absolute atomic E-state index is 0.0707. The Balaban J connectivity index is 1.79. The van der Waals surface area contributed by atoms with Crippen molar-refractivity contribution in [2.24, 2.45) is 0 Å². The Hall–Kier alpha value is -1.42. The Kier molecular flexibility index (Phi) is 6.35. The molecule has 0 amide bonds. The Morgan fingerprint density at radius 2 is 1.36 bits per heavy atom. The molecular weight excluding hydrogens is 385 g/mol. The van der Waals surface area contributed by atoms with E-state index in [4.69, 9.17) is 0 Å². The van der Waals surface area contributed by atoms with E-state index in [0.29, 0.717) is 0 Å². The van der Waals surface area contributed by atoms with E-state index in [1.54, 1.807) is 0 Å². The van der Waals surface area contributed by atoms with Gasteiger partial charge in [-0.1, -0.05) is 49.7 Å². The highest BCUT2D eigenvalue weighted by Gasteiger charge is 2.50. The molecule has 0 spiro atoms. The largest absolute Gasteiger partial charge is 0.304 e. The van der Waals surface area contributed by atoms with Gasteiger partial charge in [0.2, 0.25) is 0 Å². The second-order valence-electron chi connectivity index (χ2n) is 7.42. The van der Waals surface area contributed by atoms with Crippen LogP contribution in [0.5, 0.6) is 0 Å². The summed E-state index contributed by atoms with van der Waals surface area (Å²) >= 11 is 2.01. The highest BCUT2D eigenvalue weighted by atomic mass is 32.2. The van der Waals surface area contributed by atoms with Crippen molar-refractivity contribution >= 4 is 30.6 Å². The average molecular weight is 416 g/mol. The lowest BCUT2D eigenvalue weighted by molar-refractivity contribution is 0.259. The van der Waals surface area contributed by atoms with Crippen LogP contribution >= 0.6 is 19.2 Å². The molecule has 0 saturated carbocycles. The summed E-state index contributed by atoms with van der Waals surface area (Å²) in [5, 5.41) is 0.